The Morgan fingerprint density at radius 2 is 2.10 bits per heavy atom. The van der Waals surface area contributed by atoms with Gasteiger partial charge in [0, 0.05) is 17.1 Å². The molecule has 1 aromatic carbocycles. The fourth-order valence-electron chi connectivity index (χ4n) is 2.99. The van der Waals surface area contributed by atoms with Crippen LogP contribution in [0.25, 0.3) is 0 Å². The largest absolute Gasteiger partial charge is 0.388 e. The first-order chi connectivity index (χ1) is 10.1. The highest BCUT2D eigenvalue weighted by Gasteiger charge is 2.18. The molecule has 0 amide bonds. The highest BCUT2D eigenvalue weighted by atomic mass is 79.9. The van der Waals surface area contributed by atoms with Crippen LogP contribution >= 0.6 is 15.9 Å². The predicted molar refractivity (Wildman–Crippen MR) is 87.3 cm³/mol. The molecule has 4 heteroatoms. The van der Waals surface area contributed by atoms with Crippen molar-refractivity contribution in [2.75, 3.05) is 0 Å². The van der Waals surface area contributed by atoms with Crippen molar-refractivity contribution < 1.29 is 5.11 Å². The van der Waals surface area contributed by atoms with E-state index < -0.39 is 6.10 Å². The van der Waals surface area contributed by atoms with Crippen LogP contribution in [0.15, 0.2) is 34.9 Å². The van der Waals surface area contributed by atoms with E-state index in [0.717, 1.165) is 15.7 Å². The third-order valence-corrected chi connectivity index (χ3v) is 5.20. The smallest absolute Gasteiger partial charge is 0.0846 e. The van der Waals surface area contributed by atoms with E-state index >= 15 is 0 Å². The van der Waals surface area contributed by atoms with Crippen LogP contribution in [0.3, 0.4) is 0 Å². The minimum atomic E-state index is -0.506. The summed E-state index contributed by atoms with van der Waals surface area (Å²) in [5.41, 5.74) is 3.07. The fourth-order valence-corrected chi connectivity index (χ4v) is 3.39. The Kier molecular flexibility index (Phi) is 4.45. The van der Waals surface area contributed by atoms with Gasteiger partial charge in [-0.2, -0.15) is 5.10 Å². The number of nitrogens with zero attached hydrogens (tertiary/aromatic N) is 2. The second-order valence-electron chi connectivity index (χ2n) is 5.95. The number of aliphatic hydroxyl groups is 1. The summed E-state index contributed by atoms with van der Waals surface area (Å²) < 4.78 is 3.12. The van der Waals surface area contributed by atoms with Crippen molar-refractivity contribution in [3.05, 3.63) is 51.8 Å². The standard InChI is InChI=1S/C17H21BrN2O/c1-12-6-7-13(10-16(12)18)17(21)11-14-8-9-20(19-14)15-4-2-3-5-15/h6-10,15,17,21H,2-5,11H2,1H3. The van der Waals surface area contributed by atoms with Gasteiger partial charge in [0.15, 0.2) is 0 Å². The lowest BCUT2D eigenvalue weighted by molar-refractivity contribution is 0.176. The van der Waals surface area contributed by atoms with Gasteiger partial charge in [-0.15, -0.1) is 0 Å². The molecule has 0 spiro atoms. The molecule has 21 heavy (non-hydrogen) atoms. The number of rotatable bonds is 4. The first-order valence-corrected chi connectivity index (χ1v) is 8.41. The van der Waals surface area contributed by atoms with Crippen molar-refractivity contribution in [1.82, 2.24) is 9.78 Å². The molecule has 0 saturated heterocycles. The average molecular weight is 349 g/mol. The van der Waals surface area contributed by atoms with E-state index in [1.54, 1.807) is 0 Å². The van der Waals surface area contributed by atoms with Gasteiger partial charge in [-0.1, -0.05) is 40.9 Å². The molecule has 1 aliphatic carbocycles. The van der Waals surface area contributed by atoms with Gasteiger partial charge in [0.05, 0.1) is 17.8 Å². The number of hydrogen-bond donors (Lipinski definition) is 1. The fraction of sp³-hybridized carbons (Fsp3) is 0.471. The maximum atomic E-state index is 10.4. The number of hydrogen-bond acceptors (Lipinski definition) is 2. The third kappa shape index (κ3) is 3.38. The predicted octanol–water partition coefficient (Wildman–Crippen LogP) is 4.35. The van der Waals surface area contributed by atoms with Crippen molar-refractivity contribution in [2.24, 2.45) is 0 Å². The Hall–Kier alpha value is -1.13. The van der Waals surface area contributed by atoms with E-state index in [-0.39, 0.29) is 0 Å². The molecule has 1 saturated carbocycles. The molecule has 3 rings (SSSR count). The molecular weight excluding hydrogens is 328 g/mol. The van der Waals surface area contributed by atoms with Gasteiger partial charge >= 0.3 is 0 Å². The molecule has 3 nitrogen and oxygen atoms in total. The van der Waals surface area contributed by atoms with Crippen LogP contribution in [-0.2, 0) is 6.42 Å². The molecule has 1 fully saturated rings. The number of halogens is 1. The Morgan fingerprint density at radius 1 is 1.33 bits per heavy atom. The van der Waals surface area contributed by atoms with Crippen molar-refractivity contribution >= 4 is 15.9 Å². The Bertz CT molecular complexity index is 617. The molecule has 112 valence electrons. The molecular formula is C17H21BrN2O. The molecule has 1 aromatic heterocycles. The van der Waals surface area contributed by atoms with Crippen molar-refractivity contribution in [1.29, 1.82) is 0 Å². The van der Waals surface area contributed by atoms with Crippen LogP contribution in [-0.4, -0.2) is 14.9 Å². The maximum Gasteiger partial charge on any atom is 0.0846 e. The van der Waals surface area contributed by atoms with Crippen LogP contribution in [0.5, 0.6) is 0 Å². The quantitative estimate of drug-likeness (QED) is 0.891. The first-order valence-electron chi connectivity index (χ1n) is 7.61. The Balaban J connectivity index is 1.69. The molecule has 1 aliphatic rings. The first kappa shape index (κ1) is 14.8. The minimum Gasteiger partial charge on any atom is -0.388 e. The van der Waals surface area contributed by atoms with Crippen LogP contribution in [0.1, 0.15) is 54.6 Å². The van der Waals surface area contributed by atoms with E-state index in [2.05, 4.69) is 31.9 Å². The summed E-state index contributed by atoms with van der Waals surface area (Å²) in [7, 11) is 0. The molecule has 2 aromatic rings. The van der Waals surface area contributed by atoms with Gasteiger partial charge in [0.1, 0.15) is 0 Å². The van der Waals surface area contributed by atoms with E-state index in [0.29, 0.717) is 12.5 Å². The van der Waals surface area contributed by atoms with Gasteiger partial charge in [0.2, 0.25) is 0 Å². The summed E-state index contributed by atoms with van der Waals surface area (Å²) in [6, 6.07) is 8.60. The van der Waals surface area contributed by atoms with E-state index in [1.807, 2.05) is 31.2 Å². The molecule has 1 atom stereocenters. The van der Waals surface area contributed by atoms with E-state index in [9.17, 15) is 5.11 Å². The van der Waals surface area contributed by atoms with Crippen molar-refractivity contribution in [2.45, 2.75) is 51.2 Å². The monoisotopic (exact) mass is 348 g/mol. The summed E-state index contributed by atoms with van der Waals surface area (Å²) in [4.78, 5) is 0. The SMILES string of the molecule is Cc1ccc(C(O)Cc2ccn(C3CCCC3)n2)cc1Br. The number of aromatic nitrogens is 2. The van der Waals surface area contributed by atoms with Gasteiger partial charge in [-0.25, -0.2) is 0 Å². The van der Waals surface area contributed by atoms with E-state index in [4.69, 9.17) is 0 Å². The summed E-state index contributed by atoms with van der Waals surface area (Å²) >= 11 is 3.52. The van der Waals surface area contributed by atoms with Gasteiger partial charge in [0.25, 0.3) is 0 Å². The zero-order valence-electron chi connectivity index (χ0n) is 12.3. The minimum absolute atomic E-state index is 0.506. The van der Waals surface area contributed by atoms with Crippen LogP contribution in [0, 0.1) is 6.92 Å². The highest BCUT2D eigenvalue weighted by Crippen LogP contribution is 2.29. The maximum absolute atomic E-state index is 10.4. The summed E-state index contributed by atoms with van der Waals surface area (Å²) in [5.74, 6) is 0. The molecule has 0 radical (unpaired) electrons. The lowest BCUT2D eigenvalue weighted by atomic mass is 10.0. The van der Waals surface area contributed by atoms with Crippen LogP contribution in [0.4, 0.5) is 0 Å². The second kappa shape index (κ2) is 6.32. The topological polar surface area (TPSA) is 38.0 Å². The number of benzene rings is 1. The summed E-state index contributed by atoms with van der Waals surface area (Å²) in [6.07, 6.45) is 7.19. The van der Waals surface area contributed by atoms with Crippen LogP contribution < -0.4 is 0 Å². The van der Waals surface area contributed by atoms with E-state index in [1.165, 1.54) is 31.2 Å². The summed E-state index contributed by atoms with van der Waals surface area (Å²) in [5, 5.41) is 15.0. The van der Waals surface area contributed by atoms with Gasteiger partial charge < -0.3 is 5.11 Å². The lowest BCUT2D eigenvalue weighted by Crippen LogP contribution is -2.07. The van der Waals surface area contributed by atoms with Crippen molar-refractivity contribution in [3.8, 4) is 0 Å². The molecule has 1 N–H and O–H groups in total. The van der Waals surface area contributed by atoms with Crippen LogP contribution in [0.2, 0.25) is 0 Å². The normalized spacial score (nSPS) is 17.3. The molecule has 0 bridgehead atoms. The molecule has 1 unspecified atom stereocenters. The zero-order valence-corrected chi connectivity index (χ0v) is 13.9. The Labute approximate surface area is 134 Å². The lowest BCUT2D eigenvalue weighted by Gasteiger charge is -2.12. The number of aryl methyl sites for hydroxylation is 1. The molecule has 1 heterocycles. The number of aliphatic hydroxyl groups excluding tert-OH is 1. The second-order valence-corrected chi connectivity index (χ2v) is 6.81. The Morgan fingerprint density at radius 3 is 2.81 bits per heavy atom. The zero-order chi connectivity index (χ0) is 14.8. The molecule has 0 aliphatic heterocycles. The van der Waals surface area contributed by atoms with Gasteiger partial charge in [-0.05, 0) is 43.0 Å². The summed E-state index contributed by atoms with van der Waals surface area (Å²) in [6.45, 7) is 2.05. The average Bonchev–Trinajstić information content (AvgIpc) is 3.12. The van der Waals surface area contributed by atoms with Crippen molar-refractivity contribution in [3.63, 3.8) is 0 Å². The third-order valence-electron chi connectivity index (χ3n) is 4.35. The highest BCUT2D eigenvalue weighted by molar-refractivity contribution is 9.10. The van der Waals surface area contributed by atoms with Gasteiger partial charge in [-0.3, -0.25) is 4.68 Å².